The van der Waals surface area contributed by atoms with Gasteiger partial charge in [0.25, 0.3) is 5.91 Å². The van der Waals surface area contributed by atoms with Crippen LogP contribution < -0.4 is 5.32 Å². The van der Waals surface area contributed by atoms with Crippen LogP contribution in [0, 0.1) is 5.92 Å². The van der Waals surface area contributed by atoms with Crippen molar-refractivity contribution in [1.29, 1.82) is 0 Å². The number of thiophene rings is 1. The van der Waals surface area contributed by atoms with Gasteiger partial charge in [-0.2, -0.15) is 0 Å². The molecule has 0 unspecified atom stereocenters. The third-order valence-electron chi connectivity index (χ3n) is 6.33. The fraction of sp³-hybridized carbons (Fsp3) is 0.417. The molecule has 1 saturated heterocycles. The van der Waals surface area contributed by atoms with Crippen LogP contribution in [-0.4, -0.2) is 44.6 Å². The zero-order valence-electron chi connectivity index (χ0n) is 18.0. The van der Waals surface area contributed by atoms with Crippen LogP contribution in [0.3, 0.4) is 0 Å². The molecule has 0 saturated carbocycles. The van der Waals surface area contributed by atoms with Crippen molar-refractivity contribution in [2.75, 3.05) is 18.4 Å². The quantitative estimate of drug-likeness (QED) is 0.647. The molecule has 1 aromatic carbocycles. The Bertz CT molecular complexity index is 1090. The number of benzene rings is 1. The maximum Gasteiger partial charge on any atom is 0.263 e. The monoisotopic (exact) mass is 449 g/mol. The first kappa shape index (κ1) is 20.9. The number of likely N-dealkylation sites (tertiary alicyclic amines) is 1. The van der Waals surface area contributed by atoms with Gasteiger partial charge >= 0.3 is 0 Å². The molecule has 0 spiro atoms. The molecule has 7 nitrogen and oxygen atoms in total. The van der Waals surface area contributed by atoms with Crippen LogP contribution in [0.4, 0.5) is 5.69 Å². The van der Waals surface area contributed by atoms with Crippen molar-refractivity contribution in [3.8, 4) is 11.4 Å². The predicted molar refractivity (Wildman–Crippen MR) is 125 cm³/mol. The normalized spacial score (nSPS) is 18.6. The number of anilines is 1. The molecule has 1 fully saturated rings. The van der Waals surface area contributed by atoms with Gasteiger partial charge in [0.05, 0.1) is 10.8 Å². The number of hydrogen-bond donors (Lipinski definition) is 1. The summed E-state index contributed by atoms with van der Waals surface area (Å²) in [6, 6.07) is 11.5. The molecular weight excluding hydrogens is 422 g/mol. The molecule has 0 radical (unpaired) electrons. The minimum atomic E-state index is -0.195. The summed E-state index contributed by atoms with van der Waals surface area (Å²) in [5.74, 6) is 1.76. The number of aryl methyl sites for hydroxylation is 1. The highest BCUT2D eigenvalue weighted by molar-refractivity contribution is 7.12. The number of hydrogen-bond acceptors (Lipinski definition) is 5. The van der Waals surface area contributed by atoms with E-state index in [2.05, 4.69) is 20.1 Å². The van der Waals surface area contributed by atoms with Gasteiger partial charge in [0, 0.05) is 37.3 Å². The van der Waals surface area contributed by atoms with Gasteiger partial charge < -0.3 is 14.8 Å². The molecule has 2 amide bonds. The number of nitrogens with zero attached hydrogens (tertiary/aromatic N) is 4. The lowest BCUT2D eigenvalue weighted by atomic mass is 9.96. The molecule has 2 aliphatic heterocycles. The molecule has 0 aliphatic carbocycles. The number of piperidine rings is 1. The first-order valence-corrected chi connectivity index (χ1v) is 12.2. The molecular formula is C24H27N5O2S. The van der Waals surface area contributed by atoms with Crippen molar-refractivity contribution in [3.05, 3.63) is 52.5 Å². The summed E-state index contributed by atoms with van der Waals surface area (Å²) in [7, 11) is 0. The zero-order valence-corrected chi connectivity index (χ0v) is 18.8. The van der Waals surface area contributed by atoms with Crippen LogP contribution in [0.25, 0.3) is 11.4 Å². The smallest absolute Gasteiger partial charge is 0.263 e. The maximum atomic E-state index is 12.9. The van der Waals surface area contributed by atoms with Crippen LogP contribution >= 0.6 is 11.3 Å². The summed E-state index contributed by atoms with van der Waals surface area (Å²) in [6.45, 7) is 2.13. The Labute approximate surface area is 191 Å². The lowest BCUT2D eigenvalue weighted by Crippen LogP contribution is -2.43. The van der Waals surface area contributed by atoms with E-state index in [1.165, 1.54) is 24.2 Å². The number of rotatable bonds is 4. The molecule has 166 valence electrons. The number of amides is 2. The molecule has 2 aliphatic rings. The minimum absolute atomic E-state index is 0.0225. The van der Waals surface area contributed by atoms with Crippen molar-refractivity contribution in [2.45, 2.75) is 45.1 Å². The summed E-state index contributed by atoms with van der Waals surface area (Å²) in [5, 5.41) is 13.7. The third-order valence-corrected chi connectivity index (χ3v) is 7.19. The van der Waals surface area contributed by atoms with E-state index in [9.17, 15) is 9.59 Å². The van der Waals surface area contributed by atoms with E-state index in [1.54, 1.807) is 4.90 Å². The minimum Gasteiger partial charge on any atom is -0.337 e. The van der Waals surface area contributed by atoms with Gasteiger partial charge in [-0.05, 0) is 61.4 Å². The van der Waals surface area contributed by atoms with Crippen LogP contribution in [0.2, 0.25) is 0 Å². The lowest BCUT2D eigenvalue weighted by molar-refractivity contribution is -0.121. The Hall–Kier alpha value is -3.00. The topological polar surface area (TPSA) is 80.1 Å². The molecule has 32 heavy (non-hydrogen) atoms. The molecule has 5 rings (SSSR count). The van der Waals surface area contributed by atoms with Crippen LogP contribution in [-0.2, 0) is 17.8 Å². The Morgan fingerprint density at radius 1 is 1.00 bits per heavy atom. The van der Waals surface area contributed by atoms with Crippen LogP contribution in [0.15, 0.2) is 41.8 Å². The zero-order chi connectivity index (χ0) is 21.9. The van der Waals surface area contributed by atoms with Gasteiger partial charge in [0.1, 0.15) is 5.82 Å². The largest absolute Gasteiger partial charge is 0.337 e. The predicted octanol–water partition coefficient (Wildman–Crippen LogP) is 4.22. The summed E-state index contributed by atoms with van der Waals surface area (Å²) in [6.07, 6.45) is 6.16. The maximum absolute atomic E-state index is 12.9. The highest BCUT2D eigenvalue weighted by Crippen LogP contribution is 2.25. The Balaban J connectivity index is 1.23. The molecule has 3 aromatic rings. The second-order valence-electron chi connectivity index (χ2n) is 8.54. The molecule has 4 heterocycles. The van der Waals surface area contributed by atoms with E-state index >= 15 is 0 Å². The van der Waals surface area contributed by atoms with Crippen LogP contribution in [0.1, 0.15) is 47.6 Å². The van der Waals surface area contributed by atoms with E-state index in [0.717, 1.165) is 60.0 Å². The Morgan fingerprint density at radius 3 is 2.69 bits per heavy atom. The molecule has 8 heteroatoms. The first-order valence-electron chi connectivity index (χ1n) is 11.4. The second-order valence-corrected chi connectivity index (χ2v) is 9.48. The first-order chi connectivity index (χ1) is 15.7. The highest BCUT2D eigenvalue weighted by atomic mass is 32.1. The van der Waals surface area contributed by atoms with Gasteiger partial charge in [-0.1, -0.05) is 12.5 Å². The number of nitrogens with one attached hydrogen (secondary N) is 1. The molecule has 1 N–H and O–H groups in total. The number of fused-ring (bicyclic) bond motifs is 1. The second kappa shape index (κ2) is 9.24. The standard InChI is InChI=1S/C24H27N5O2S/c30-23(18-6-4-13-28(16-18)24(31)20-7-5-15-32-20)25-19-11-9-17(10-12-19)22-27-26-21-8-2-1-3-14-29(21)22/h5,7,9-12,15,18H,1-4,6,8,13-14,16H2,(H,25,30)/t18-/m0/s1. The Morgan fingerprint density at radius 2 is 1.88 bits per heavy atom. The third kappa shape index (κ3) is 4.32. The lowest BCUT2D eigenvalue weighted by Gasteiger charge is -2.31. The van der Waals surface area contributed by atoms with Gasteiger partial charge in [0.15, 0.2) is 5.82 Å². The van der Waals surface area contributed by atoms with E-state index in [-0.39, 0.29) is 17.7 Å². The van der Waals surface area contributed by atoms with Crippen molar-refractivity contribution < 1.29 is 9.59 Å². The average Bonchev–Trinajstić information content (AvgIpc) is 3.45. The van der Waals surface area contributed by atoms with Crippen molar-refractivity contribution >= 4 is 28.8 Å². The van der Waals surface area contributed by atoms with E-state index in [4.69, 9.17) is 0 Å². The molecule has 2 aromatic heterocycles. The van der Waals surface area contributed by atoms with E-state index < -0.39 is 0 Å². The van der Waals surface area contributed by atoms with Gasteiger partial charge in [-0.3, -0.25) is 9.59 Å². The van der Waals surface area contributed by atoms with Crippen molar-refractivity contribution in [2.24, 2.45) is 5.92 Å². The van der Waals surface area contributed by atoms with Crippen molar-refractivity contribution in [1.82, 2.24) is 19.7 Å². The summed E-state index contributed by atoms with van der Waals surface area (Å²) in [4.78, 5) is 28.1. The fourth-order valence-corrected chi connectivity index (χ4v) is 5.27. The number of carbonyl (C=O) groups excluding carboxylic acids is 2. The number of carbonyl (C=O) groups is 2. The summed E-state index contributed by atoms with van der Waals surface area (Å²) < 4.78 is 2.22. The average molecular weight is 450 g/mol. The SMILES string of the molecule is O=C(Nc1ccc(-c2nnc3n2CCCCC3)cc1)[C@H]1CCCN(C(=O)c2cccs2)C1. The van der Waals surface area contributed by atoms with Crippen LogP contribution in [0.5, 0.6) is 0 Å². The summed E-state index contributed by atoms with van der Waals surface area (Å²) >= 11 is 1.44. The molecule has 0 bridgehead atoms. The van der Waals surface area contributed by atoms with Gasteiger partial charge in [0.2, 0.25) is 5.91 Å². The van der Waals surface area contributed by atoms with Gasteiger partial charge in [-0.15, -0.1) is 21.5 Å². The van der Waals surface area contributed by atoms with Gasteiger partial charge in [-0.25, -0.2) is 0 Å². The molecule has 1 atom stereocenters. The highest BCUT2D eigenvalue weighted by Gasteiger charge is 2.29. The number of aromatic nitrogens is 3. The fourth-order valence-electron chi connectivity index (χ4n) is 4.58. The Kier molecular flexibility index (Phi) is 6.03. The van der Waals surface area contributed by atoms with Crippen molar-refractivity contribution in [3.63, 3.8) is 0 Å². The van der Waals surface area contributed by atoms with E-state index in [1.807, 2.05) is 41.8 Å². The summed E-state index contributed by atoms with van der Waals surface area (Å²) in [5.41, 5.74) is 1.77. The van der Waals surface area contributed by atoms with E-state index in [0.29, 0.717) is 13.1 Å².